The van der Waals surface area contributed by atoms with E-state index in [2.05, 4.69) is 15.5 Å². The number of aliphatic hydroxyl groups is 1. The second-order valence-electron chi connectivity index (χ2n) is 3.33. The van der Waals surface area contributed by atoms with Crippen molar-refractivity contribution in [2.75, 3.05) is 18.5 Å². The Balaban J connectivity index is 1.97. The lowest BCUT2D eigenvalue weighted by atomic mass is 10.1. The number of benzene rings is 1. The first-order chi connectivity index (χ1) is 7.88. The molecule has 2 N–H and O–H groups in total. The summed E-state index contributed by atoms with van der Waals surface area (Å²) in [6.45, 7) is 0.448. The van der Waals surface area contributed by atoms with E-state index in [-0.39, 0.29) is 6.61 Å². The number of aromatic nitrogens is 2. The molecule has 0 saturated heterocycles. The van der Waals surface area contributed by atoms with Crippen molar-refractivity contribution in [2.45, 2.75) is 6.42 Å². The van der Waals surface area contributed by atoms with E-state index in [0.29, 0.717) is 24.8 Å². The summed E-state index contributed by atoms with van der Waals surface area (Å²) in [5.74, 6) is 0.631. The summed E-state index contributed by atoms with van der Waals surface area (Å²) in [5, 5.41) is 15.3. The summed E-state index contributed by atoms with van der Waals surface area (Å²) < 4.78 is 4.96. The van der Waals surface area contributed by atoms with Crippen molar-refractivity contribution in [1.82, 2.24) is 10.1 Å². The maximum absolute atomic E-state index is 8.62. The molecule has 16 heavy (non-hydrogen) atoms. The minimum absolute atomic E-state index is 0.0381. The molecular weight excluding hydrogens is 206 g/mol. The second kappa shape index (κ2) is 5.27. The number of hydrogen-bond acceptors (Lipinski definition) is 5. The molecule has 5 heteroatoms. The monoisotopic (exact) mass is 219 g/mol. The molecule has 84 valence electrons. The van der Waals surface area contributed by atoms with Crippen LogP contribution < -0.4 is 5.32 Å². The van der Waals surface area contributed by atoms with Crippen LogP contribution in [0.3, 0.4) is 0 Å². The predicted octanol–water partition coefficient (Wildman–Crippen LogP) is 1.06. The van der Waals surface area contributed by atoms with E-state index in [4.69, 9.17) is 9.63 Å². The number of aliphatic hydroxyl groups excluding tert-OH is 1. The highest BCUT2D eigenvalue weighted by molar-refractivity contribution is 5.22. The van der Waals surface area contributed by atoms with Crippen molar-refractivity contribution < 1.29 is 9.63 Å². The Morgan fingerprint density at radius 1 is 1.25 bits per heavy atom. The van der Waals surface area contributed by atoms with E-state index in [1.165, 1.54) is 0 Å². The molecule has 0 amide bonds. The molecule has 0 aliphatic heterocycles. The average molecular weight is 219 g/mol. The van der Waals surface area contributed by atoms with E-state index in [0.717, 1.165) is 5.56 Å². The third-order valence-electron chi connectivity index (χ3n) is 2.06. The van der Waals surface area contributed by atoms with Crippen LogP contribution in [0.15, 0.2) is 34.9 Å². The Hall–Kier alpha value is -1.88. The van der Waals surface area contributed by atoms with Gasteiger partial charge in [0.15, 0.2) is 5.82 Å². The van der Waals surface area contributed by atoms with Crippen LogP contribution in [-0.2, 0) is 6.42 Å². The molecule has 1 aromatic carbocycles. The summed E-state index contributed by atoms with van der Waals surface area (Å²) in [6, 6.07) is 10.3. The van der Waals surface area contributed by atoms with E-state index >= 15 is 0 Å². The fourth-order valence-electron chi connectivity index (χ4n) is 1.34. The smallest absolute Gasteiger partial charge is 0.321 e. The van der Waals surface area contributed by atoms with Crippen molar-refractivity contribution >= 4 is 6.01 Å². The number of anilines is 1. The molecular formula is C11H13N3O2. The zero-order chi connectivity index (χ0) is 11.2. The number of hydrogen-bond donors (Lipinski definition) is 2. The van der Waals surface area contributed by atoms with E-state index in [1.807, 2.05) is 30.3 Å². The van der Waals surface area contributed by atoms with Crippen LogP contribution in [0.2, 0.25) is 0 Å². The highest BCUT2D eigenvalue weighted by atomic mass is 16.5. The fourth-order valence-corrected chi connectivity index (χ4v) is 1.34. The summed E-state index contributed by atoms with van der Waals surface area (Å²) >= 11 is 0. The van der Waals surface area contributed by atoms with E-state index in [1.54, 1.807) is 0 Å². The average Bonchev–Trinajstić information content (AvgIpc) is 2.75. The minimum Gasteiger partial charge on any atom is -0.395 e. The van der Waals surface area contributed by atoms with Gasteiger partial charge in [-0.2, -0.15) is 4.98 Å². The molecule has 1 aromatic heterocycles. The van der Waals surface area contributed by atoms with Crippen molar-refractivity contribution in [3.05, 3.63) is 41.7 Å². The van der Waals surface area contributed by atoms with E-state index < -0.39 is 0 Å². The number of nitrogens with one attached hydrogen (secondary N) is 1. The lowest BCUT2D eigenvalue weighted by Crippen LogP contribution is -2.05. The molecule has 0 bridgehead atoms. The van der Waals surface area contributed by atoms with Gasteiger partial charge in [-0.05, 0) is 5.56 Å². The summed E-state index contributed by atoms with van der Waals surface area (Å²) in [5.41, 5.74) is 1.14. The number of nitrogens with zero attached hydrogens (tertiary/aromatic N) is 2. The van der Waals surface area contributed by atoms with Gasteiger partial charge in [0.05, 0.1) is 6.61 Å². The van der Waals surface area contributed by atoms with Gasteiger partial charge in [-0.15, -0.1) is 0 Å². The van der Waals surface area contributed by atoms with Gasteiger partial charge in [0.25, 0.3) is 0 Å². The molecule has 2 rings (SSSR count). The summed E-state index contributed by atoms with van der Waals surface area (Å²) in [6.07, 6.45) is 0.644. The quantitative estimate of drug-likeness (QED) is 0.787. The molecule has 1 heterocycles. The first kappa shape index (κ1) is 10.6. The maximum atomic E-state index is 8.62. The van der Waals surface area contributed by atoms with Gasteiger partial charge in [0.2, 0.25) is 0 Å². The van der Waals surface area contributed by atoms with E-state index in [9.17, 15) is 0 Å². The Bertz CT molecular complexity index is 428. The molecule has 0 atom stereocenters. The zero-order valence-corrected chi connectivity index (χ0v) is 8.76. The lowest BCUT2D eigenvalue weighted by Gasteiger charge is -1.95. The van der Waals surface area contributed by atoms with Gasteiger partial charge in [-0.1, -0.05) is 35.5 Å². The minimum atomic E-state index is 0.0381. The molecule has 0 aliphatic rings. The molecule has 0 saturated carbocycles. The molecule has 0 radical (unpaired) electrons. The molecule has 0 spiro atoms. The van der Waals surface area contributed by atoms with Gasteiger partial charge in [0, 0.05) is 13.0 Å². The van der Waals surface area contributed by atoms with Crippen LogP contribution in [0, 0.1) is 0 Å². The Morgan fingerprint density at radius 2 is 2.06 bits per heavy atom. The first-order valence-electron chi connectivity index (χ1n) is 5.10. The van der Waals surface area contributed by atoms with Crippen LogP contribution in [0.5, 0.6) is 0 Å². The molecule has 0 fully saturated rings. The third-order valence-corrected chi connectivity index (χ3v) is 2.06. The van der Waals surface area contributed by atoms with Crippen LogP contribution in [0.4, 0.5) is 6.01 Å². The lowest BCUT2D eigenvalue weighted by molar-refractivity contribution is 0.308. The van der Waals surface area contributed by atoms with Crippen LogP contribution in [-0.4, -0.2) is 28.4 Å². The van der Waals surface area contributed by atoms with Crippen molar-refractivity contribution in [2.24, 2.45) is 0 Å². The van der Waals surface area contributed by atoms with Crippen molar-refractivity contribution in [3.8, 4) is 0 Å². The SMILES string of the molecule is OCCNc1nc(Cc2ccccc2)no1. The topological polar surface area (TPSA) is 71.2 Å². The normalized spacial score (nSPS) is 10.3. The standard InChI is InChI=1S/C11H13N3O2/c15-7-6-12-11-13-10(14-16-11)8-9-4-2-1-3-5-9/h1-5,15H,6-8H2,(H,12,13,14). The predicted molar refractivity (Wildman–Crippen MR) is 59.1 cm³/mol. The van der Waals surface area contributed by atoms with Crippen LogP contribution in [0.25, 0.3) is 0 Å². The maximum Gasteiger partial charge on any atom is 0.321 e. The Labute approximate surface area is 93.1 Å². The Kier molecular flexibility index (Phi) is 3.50. The molecule has 5 nitrogen and oxygen atoms in total. The Morgan fingerprint density at radius 3 is 2.81 bits per heavy atom. The second-order valence-corrected chi connectivity index (χ2v) is 3.33. The van der Waals surface area contributed by atoms with Crippen LogP contribution >= 0.6 is 0 Å². The van der Waals surface area contributed by atoms with Crippen LogP contribution in [0.1, 0.15) is 11.4 Å². The largest absolute Gasteiger partial charge is 0.395 e. The highest BCUT2D eigenvalue weighted by Crippen LogP contribution is 2.08. The van der Waals surface area contributed by atoms with Gasteiger partial charge in [-0.3, -0.25) is 0 Å². The summed E-state index contributed by atoms with van der Waals surface area (Å²) in [7, 11) is 0. The van der Waals surface area contributed by atoms with Gasteiger partial charge in [-0.25, -0.2) is 0 Å². The highest BCUT2D eigenvalue weighted by Gasteiger charge is 2.05. The van der Waals surface area contributed by atoms with Crippen molar-refractivity contribution in [1.29, 1.82) is 0 Å². The molecule has 2 aromatic rings. The van der Waals surface area contributed by atoms with Crippen molar-refractivity contribution in [3.63, 3.8) is 0 Å². The first-order valence-corrected chi connectivity index (χ1v) is 5.10. The third kappa shape index (κ3) is 2.80. The van der Waals surface area contributed by atoms with Gasteiger partial charge < -0.3 is 14.9 Å². The van der Waals surface area contributed by atoms with Gasteiger partial charge in [0.1, 0.15) is 0 Å². The molecule has 0 unspecified atom stereocenters. The van der Waals surface area contributed by atoms with Gasteiger partial charge >= 0.3 is 6.01 Å². The zero-order valence-electron chi connectivity index (χ0n) is 8.76. The number of rotatable bonds is 5. The summed E-state index contributed by atoms with van der Waals surface area (Å²) in [4.78, 5) is 4.14. The molecule has 0 aliphatic carbocycles. The fraction of sp³-hybridized carbons (Fsp3) is 0.273.